The summed E-state index contributed by atoms with van der Waals surface area (Å²) in [4.78, 5) is 22.7. The molecule has 5 nitrogen and oxygen atoms in total. The maximum Gasteiger partial charge on any atom is 0.307 e. The normalized spacial score (nSPS) is 24.9. The van der Waals surface area contributed by atoms with E-state index in [1.165, 1.54) is 0 Å². The topological polar surface area (TPSA) is 75.6 Å². The van der Waals surface area contributed by atoms with E-state index in [4.69, 9.17) is 9.84 Å². The van der Waals surface area contributed by atoms with Crippen molar-refractivity contribution in [2.75, 3.05) is 19.8 Å². The quantitative estimate of drug-likeness (QED) is 0.670. The predicted molar refractivity (Wildman–Crippen MR) is 67.1 cm³/mol. The van der Waals surface area contributed by atoms with Crippen molar-refractivity contribution >= 4 is 11.9 Å². The zero-order valence-corrected chi connectivity index (χ0v) is 11.5. The third-order valence-corrected chi connectivity index (χ3v) is 3.37. The molecule has 1 aliphatic carbocycles. The maximum atomic E-state index is 11.8. The molecule has 18 heavy (non-hydrogen) atoms. The van der Waals surface area contributed by atoms with Gasteiger partial charge in [-0.3, -0.25) is 9.59 Å². The maximum absolute atomic E-state index is 11.8. The van der Waals surface area contributed by atoms with Crippen molar-refractivity contribution in [3.05, 3.63) is 0 Å². The Morgan fingerprint density at radius 3 is 2.39 bits per heavy atom. The Morgan fingerprint density at radius 1 is 1.33 bits per heavy atom. The molecule has 0 aromatic heterocycles. The molecule has 0 aromatic carbocycles. The highest BCUT2D eigenvalue weighted by Crippen LogP contribution is 2.58. The summed E-state index contributed by atoms with van der Waals surface area (Å²) in [5.74, 6) is -1.58. The minimum absolute atomic E-state index is 0.180. The van der Waals surface area contributed by atoms with Gasteiger partial charge < -0.3 is 15.2 Å². The van der Waals surface area contributed by atoms with Crippen LogP contribution in [0.4, 0.5) is 0 Å². The minimum atomic E-state index is -0.892. The lowest BCUT2D eigenvalue weighted by atomic mass is 10.1. The second-order valence-corrected chi connectivity index (χ2v) is 5.87. The Balaban J connectivity index is 2.25. The van der Waals surface area contributed by atoms with E-state index < -0.39 is 23.2 Å². The number of amides is 1. The number of aliphatic carboxylic acids is 1. The van der Waals surface area contributed by atoms with Gasteiger partial charge in [0.15, 0.2) is 0 Å². The van der Waals surface area contributed by atoms with Gasteiger partial charge in [-0.15, -0.1) is 0 Å². The average Bonchev–Trinajstić information content (AvgIpc) is 2.80. The van der Waals surface area contributed by atoms with Crippen molar-refractivity contribution < 1.29 is 19.4 Å². The molecule has 1 saturated carbocycles. The van der Waals surface area contributed by atoms with Gasteiger partial charge in [-0.05, 0) is 11.3 Å². The van der Waals surface area contributed by atoms with Gasteiger partial charge in [0, 0.05) is 13.2 Å². The molecule has 2 N–H and O–H groups in total. The zero-order chi connectivity index (χ0) is 13.9. The van der Waals surface area contributed by atoms with Crippen molar-refractivity contribution in [3.63, 3.8) is 0 Å². The first kappa shape index (κ1) is 15.0. The number of ether oxygens (including phenoxy) is 1. The van der Waals surface area contributed by atoms with E-state index in [1.54, 1.807) is 0 Å². The fourth-order valence-corrected chi connectivity index (χ4v) is 2.26. The van der Waals surface area contributed by atoms with Gasteiger partial charge in [0.2, 0.25) is 5.91 Å². The van der Waals surface area contributed by atoms with E-state index >= 15 is 0 Å². The van der Waals surface area contributed by atoms with Crippen molar-refractivity contribution in [1.82, 2.24) is 5.32 Å². The van der Waals surface area contributed by atoms with Crippen LogP contribution in [0.3, 0.4) is 0 Å². The van der Waals surface area contributed by atoms with Gasteiger partial charge in [0.25, 0.3) is 0 Å². The highest BCUT2D eigenvalue weighted by Gasteiger charge is 2.65. The van der Waals surface area contributed by atoms with Crippen LogP contribution in [-0.4, -0.2) is 36.7 Å². The Morgan fingerprint density at radius 2 is 1.94 bits per heavy atom. The Kier molecular flexibility index (Phi) is 4.73. The Hall–Kier alpha value is -1.10. The van der Waals surface area contributed by atoms with Crippen LogP contribution in [0.2, 0.25) is 0 Å². The third kappa shape index (κ3) is 3.45. The monoisotopic (exact) mass is 257 g/mol. The predicted octanol–water partition coefficient (Wildman–Crippen LogP) is 1.13. The first-order chi connectivity index (χ1) is 8.28. The molecular formula is C13H23NO4. The molecule has 5 heteroatoms. The number of hydrogen-bond donors (Lipinski definition) is 2. The molecule has 2 atom stereocenters. The molecule has 1 amide bonds. The summed E-state index contributed by atoms with van der Waals surface area (Å²) in [5, 5.41) is 11.7. The van der Waals surface area contributed by atoms with E-state index in [1.807, 2.05) is 13.8 Å². The summed E-state index contributed by atoms with van der Waals surface area (Å²) >= 11 is 0. The van der Waals surface area contributed by atoms with E-state index in [-0.39, 0.29) is 5.91 Å². The molecule has 0 radical (unpaired) electrons. The van der Waals surface area contributed by atoms with E-state index in [0.29, 0.717) is 25.7 Å². The van der Waals surface area contributed by atoms with E-state index in [0.717, 1.165) is 0 Å². The lowest BCUT2D eigenvalue weighted by Crippen LogP contribution is -2.30. The van der Waals surface area contributed by atoms with Gasteiger partial charge in [-0.2, -0.15) is 0 Å². The summed E-state index contributed by atoms with van der Waals surface area (Å²) < 4.78 is 5.34. The number of nitrogens with one attached hydrogen (secondary N) is 1. The number of carboxylic acids is 1. The summed E-state index contributed by atoms with van der Waals surface area (Å²) in [6.45, 7) is 9.31. The molecule has 0 unspecified atom stereocenters. The van der Waals surface area contributed by atoms with Crippen LogP contribution in [0, 0.1) is 23.2 Å². The zero-order valence-electron chi connectivity index (χ0n) is 11.5. The molecular weight excluding hydrogens is 234 g/mol. The fourth-order valence-electron chi connectivity index (χ4n) is 2.26. The van der Waals surface area contributed by atoms with Gasteiger partial charge in [-0.25, -0.2) is 0 Å². The number of rotatable bonds is 7. The molecule has 1 fully saturated rings. The van der Waals surface area contributed by atoms with Crippen LogP contribution in [-0.2, 0) is 14.3 Å². The van der Waals surface area contributed by atoms with Crippen molar-refractivity contribution in [2.24, 2.45) is 23.2 Å². The summed E-state index contributed by atoms with van der Waals surface area (Å²) in [7, 11) is 0. The molecule has 0 spiro atoms. The third-order valence-electron chi connectivity index (χ3n) is 3.37. The standard InChI is InChI=1S/C13H23NO4/c1-8(2)7-18-6-5-14-11(15)9-10(12(16)17)13(9,3)4/h8-10H,5-7H2,1-4H3,(H,14,15)(H,16,17)/t9-,10+/m1/s1. The average molecular weight is 257 g/mol. The fraction of sp³-hybridized carbons (Fsp3) is 0.846. The first-order valence-corrected chi connectivity index (χ1v) is 6.36. The molecule has 1 aliphatic rings. The molecule has 104 valence electrons. The molecule has 0 aromatic rings. The second-order valence-electron chi connectivity index (χ2n) is 5.87. The summed E-state index contributed by atoms with van der Waals surface area (Å²) in [6, 6.07) is 0. The van der Waals surface area contributed by atoms with Crippen LogP contribution >= 0.6 is 0 Å². The second kappa shape index (κ2) is 5.69. The largest absolute Gasteiger partial charge is 0.481 e. The SMILES string of the molecule is CC(C)COCCNC(=O)[C@H]1[C@@H](C(=O)O)C1(C)C. The Labute approximate surface area is 108 Å². The van der Waals surface area contributed by atoms with Gasteiger partial charge in [0.1, 0.15) is 0 Å². The van der Waals surface area contributed by atoms with Crippen molar-refractivity contribution in [1.29, 1.82) is 0 Å². The van der Waals surface area contributed by atoms with Crippen LogP contribution < -0.4 is 5.32 Å². The highest BCUT2D eigenvalue weighted by atomic mass is 16.5. The molecule has 0 saturated heterocycles. The number of hydrogen-bond acceptors (Lipinski definition) is 3. The van der Waals surface area contributed by atoms with Crippen molar-refractivity contribution in [2.45, 2.75) is 27.7 Å². The molecule has 0 bridgehead atoms. The van der Waals surface area contributed by atoms with Crippen LogP contribution in [0.5, 0.6) is 0 Å². The van der Waals surface area contributed by atoms with Crippen molar-refractivity contribution in [3.8, 4) is 0 Å². The molecule has 0 aliphatic heterocycles. The van der Waals surface area contributed by atoms with Crippen LogP contribution in [0.1, 0.15) is 27.7 Å². The minimum Gasteiger partial charge on any atom is -0.481 e. The summed E-state index contributed by atoms with van der Waals surface area (Å²) in [6.07, 6.45) is 0. The lowest BCUT2D eigenvalue weighted by Gasteiger charge is -2.08. The van der Waals surface area contributed by atoms with Crippen LogP contribution in [0.15, 0.2) is 0 Å². The van der Waals surface area contributed by atoms with Gasteiger partial charge >= 0.3 is 5.97 Å². The van der Waals surface area contributed by atoms with E-state index in [2.05, 4.69) is 19.2 Å². The highest BCUT2D eigenvalue weighted by molar-refractivity contribution is 5.91. The number of carboxylic acid groups (broad SMARTS) is 1. The first-order valence-electron chi connectivity index (χ1n) is 6.36. The Bertz CT molecular complexity index is 325. The van der Waals surface area contributed by atoms with Gasteiger partial charge in [0.05, 0.1) is 18.4 Å². The van der Waals surface area contributed by atoms with Gasteiger partial charge in [-0.1, -0.05) is 27.7 Å². The van der Waals surface area contributed by atoms with Crippen LogP contribution in [0.25, 0.3) is 0 Å². The number of carbonyl (C=O) groups is 2. The molecule has 0 heterocycles. The summed E-state index contributed by atoms with van der Waals surface area (Å²) in [5.41, 5.74) is -0.436. The lowest BCUT2D eigenvalue weighted by molar-refractivity contribution is -0.140. The van der Waals surface area contributed by atoms with E-state index in [9.17, 15) is 9.59 Å². The smallest absolute Gasteiger partial charge is 0.307 e. The number of carbonyl (C=O) groups excluding carboxylic acids is 1. The molecule has 1 rings (SSSR count).